The van der Waals surface area contributed by atoms with Crippen molar-refractivity contribution in [3.63, 3.8) is 0 Å². The van der Waals surface area contributed by atoms with Crippen LogP contribution in [0.15, 0.2) is 18.2 Å². The highest BCUT2D eigenvalue weighted by molar-refractivity contribution is 5.96. The van der Waals surface area contributed by atoms with Gasteiger partial charge in [-0.3, -0.25) is 4.79 Å². The van der Waals surface area contributed by atoms with E-state index in [1.165, 1.54) is 6.07 Å². The molecule has 2 bridgehead atoms. The zero-order chi connectivity index (χ0) is 13.8. The van der Waals surface area contributed by atoms with Crippen LogP contribution in [0.25, 0.3) is 0 Å². The molecule has 3 aliphatic carbocycles. The highest BCUT2D eigenvalue weighted by Gasteiger charge is 2.57. The predicted octanol–water partition coefficient (Wildman–Crippen LogP) is 2.57. The number of nitrogens with two attached hydrogens (primary N) is 1. The van der Waals surface area contributed by atoms with E-state index in [2.05, 4.69) is 5.32 Å². The second kappa shape index (κ2) is 3.65. The molecule has 0 aromatic heterocycles. The average molecular weight is 270 g/mol. The number of amides is 1. The Morgan fingerprint density at radius 3 is 2.37 bits per heavy atom. The molecular weight excluding hydrogens is 257 g/mol. The Morgan fingerprint density at radius 2 is 1.89 bits per heavy atom. The van der Waals surface area contributed by atoms with E-state index < -0.39 is 17.6 Å². The van der Waals surface area contributed by atoms with Crippen LogP contribution in [0.5, 0.6) is 0 Å². The Bertz CT molecular complexity index is 536. The van der Waals surface area contributed by atoms with Crippen molar-refractivity contribution in [2.24, 2.45) is 5.92 Å². The summed E-state index contributed by atoms with van der Waals surface area (Å²) in [4.78, 5) is 12.0. The number of hydrogen-bond donors (Lipinski definition) is 2. The van der Waals surface area contributed by atoms with E-state index in [0.717, 1.165) is 31.4 Å². The van der Waals surface area contributed by atoms with E-state index in [1.54, 1.807) is 0 Å². The summed E-state index contributed by atoms with van der Waals surface area (Å²) in [7, 11) is 0. The van der Waals surface area contributed by atoms with Crippen molar-refractivity contribution in [1.82, 2.24) is 5.32 Å². The first-order chi connectivity index (χ1) is 8.77. The van der Waals surface area contributed by atoms with E-state index in [-0.39, 0.29) is 16.8 Å². The Hall–Kier alpha value is -1.72. The molecular formula is C13H13F3N2O. The first kappa shape index (κ1) is 12.3. The van der Waals surface area contributed by atoms with E-state index in [9.17, 15) is 18.0 Å². The molecule has 3 saturated carbocycles. The molecule has 3 fully saturated rings. The molecule has 1 aromatic rings. The van der Waals surface area contributed by atoms with Gasteiger partial charge in [0.2, 0.25) is 0 Å². The zero-order valence-electron chi connectivity index (χ0n) is 10.1. The second-order valence-corrected chi connectivity index (χ2v) is 5.55. The maximum Gasteiger partial charge on any atom is 0.416 e. The molecule has 19 heavy (non-hydrogen) atoms. The average Bonchev–Trinajstić information content (AvgIpc) is 2.19. The summed E-state index contributed by atoms with van der Waals surface area (Å²) in [5.74, 6) is 0.211. The molecule has 1 aromatic carbocycles. The molecule has 0 saturated heterocycles. The fraction of sp³-hybridized carbons (Fsp3) is 0.462. The smallest absolute Gasteiger partial charge is 0.399 e. The summed E-state index contributed by atoms with van der Waals surface area (Å²) in [6, 6.07) is 2.95. The first-order valence-electron chi connectivity index (χ1n) is 6.08. The zero-order valence-corrected chi connectivity index (χ0v) is 10.1. The van der Waals surface area contributed by atoms with Gasteiger partial charge in [0.05, 0.1) is 5.56 Å². The van der Waals surface area contributed by atoms with Gasteiger partial charge in [0.15, 0.2) is 0 Å². The third kappa shape index (κ3) is 2.05. The minimum Gasteiger partial charge on any atom is -0.399 e. The maximum atomic E-state index is 12.6. The number of carbonyl (C=O) groups is 1. The van der Waals surface area contributed by atoms with Gasteiger partial charge >= 0.3 is 6.18 Å². The molecule has 6 heteroatoms. The summed E-state index contributed by atoms with van der Waals surface area (Å²) >= 11 is 0. The lowest BCUT2D eigenvalue weighted by atomic mass is 9.50. The molecule has 0 atom stereocenters. The fourth-order valence-corrected chi connectivity index (χ4v) is 2.89. The molecule has 4 rings (SSSR count). The molecule has 0 radical (unpaired) electrons. The predicted molar refractivity (Wildman–Crippen MR) is 63.4 cm³/mol. The van der Waals surface area contributed by atoms with Crippen LogP contribution in [-0.2, 0) is 6.18 Å². The van der Waals surface area contributed by atoms with Crippen LogP contribution in [-0.4, -0.2) is 11.4 Å². The number of nitrogens with one attached hydrogen (secondary N) is 1. The Morgan fingerprint density at radius 1 is 1.26 bits per heavy atom. The number of anilines is 1. The van der Waals surface area contributed by atoms with Gasteiger partial charge in [0.25, 0.3) is 5.91 Å². The van der Waals surface area contributed by atoms with Crippen molar-refractivity contribution >= 4 is 11.6 Å². The maximum absolute atomic E-state index is 12.6. The number of alkyl halides is 3. The van der Waals surface area contributed by atoms with Crippen LogP contribution in [0.4, 0.5) is 18.9 Å². The lowest BCUT2D eigenvalue weighted by molar-refractivity contribution is -0.137. The number of nitrogen functional groups attached to an aromatic ring is 1. The lowest BCUT2D eigenvalue weighted by Gasteiger charge is -2.61. The molecule has 0 heterocycles. The summed E-state index contributed by atoms with van der Waals surface area (Å²) < 4.78 is 37.9. The molecule has 1 amide bonds. The van der Waals surface area contributed by atoms with Crippen LogP contribution in [0.3, 0.4) is 0 Å². The molecule has 0 unspecified atom stereocenters. The number of benzene rings is 1. The normalized spacial score (nSPS) is 28.3. The molecule has 3 aliphatic rings. The summed E-state index contributed by atoms with van der Waals surface area (Å²) in [6.45, 7) is 0. The van der Waals surface area contributed by atoms with Crippen LogP contribution in [0, 0.1) is 5.92 Å². The van der Waals surface area contributed by atoms with E-state index >= 15 is 0 Å². The molecule has 3 N–H and O–H groups in total. The fourth-order valence-electron chi connectivity index (χ4n) is 2.89. The molecule has 102 valence electrons. The largest absolute Gasteiger partial charge is 0.416 e. The minimum absolute atomic E-state index is 0.0305. The van der Waals surface area contributed by atoms with Crippen LogP contribution in [0.1, 0.15) is 35.2 Å². The van der Waals surface area contributed by atoms with Crippen molar-refractivity contribution in [1.29, 1.82) is 0 Å². The molecule has 0 aliphatic heterocycles. The van der Waals surface area contributed by atoms with Crippen molar-refractivity contribution in [3.8, 4) is 0 Å². The van der Waals surface area contributed by atoms with Crippen LogP contribution >= 0.6 is 0 Å². The van der Waals surface area contributed by atoms with E-state index in [4.69, 9.17) is 5.73 Å². The Labute approximate surface area is 108 Å². The molecule has 0 spiro atoms. The number of hydrogen-bond acceptors (Lipinski definition) is 2. The SMILES string of the molecule is Nc1cc(C(=O)NC23CC(C2)C3)cc(C(F)(F)F)c1. The van der Waals surface area contributed by atoms with Gasteiger partial charge in [-0.05, 0) is 43.4 Å². The van der Waals surface area contributed by atoms with Gasteiger partial charge in [0.1, 0.15) is 0 Å². The second-order valence-electron chi connectivity index (χ2n) is 5.55. The van der Waals surface area contributed by atoms with E-state index in [1.807, 2.05) is 0 Å². The van der Waals surface area contributed by atoms with Crippen molar-refractivity contribution in [2.75, 3.05) is 5.73 Å². The highest BCUT2D eigenvalue weighted by atomic mass is 19.4. The minimum atomic E-state index is -4.50. The number of rotatable bonds is 2. The number of carbonyl (C=O) groups excluding carboxylic acids is 1. The first-order valence-corrected chi connectivity index (χ1v) is 6.08. The summed E-state index contributed by atoms with van der Waals surface area (Å²) in [5, 5.41) is 2.82. The van der Waals surface area contributed by atoms with Crippen LogP contribution in [0.2, 0.25) is 0 Å². The Kier molecular flexibility index (Phi) is 2.37. The third-order valence-corrected chi connectivity index (χ3v) is 3.96. The number of halogens is 3. The summed E-state index contributed by atoms with van der Waals surface area (Å²) in [6.07, 6.45) is -1.69. The van der Waals surface area contributed by atoms with Crippen molar-refractivity contribution in [3.05, 3.63) is 29.3 Å². The Balaban J connectivity index is 1.83. The van der Waals surface area contributed by atoms with Crippen LogP contribution < -0.4 is 11.1 Å². The van der Waals surface area contributed by atoms with Gasteiger partial charge in [-0.25, -0.2) is 0 Å². The quantitative estimate of drug-likeness (QED) is 0.811. The molecule has 3 nitrogen and oxygen atoms in total. The van der Waals surface area contributed by atoms with E-state index in [0.29, 0.717) is 5.92 Å². The third-order valence-electron chi connectivity index (χ3n) is 3.96. The van der Waals surface area contributed by atoms with Gasteiger partial charge < -0.3 is 11.1 Å². The highest BCUT2D eigenvalue weighted by Crippen LogP contribution is 2.57. The monoisotopic (exact) mass is 270 g/mol. The van der Waals surface area contributed by atoms with Gasteiger partial charge in [0, 0.05) is 16.8 Å². The standard InChI is InChI=1S/C13H13F3N2O/c14-13(15,16)9-1-8(2-10(17)3-9)11(19)18-12-4-7(5-12)6-12/h1-3,7H,4-6,17H2,(H,18,19). The van der Waals surface area contributed by atoms with Crippen molar-refractivity contribution < 1.29 is 18.0 Å². The van der Waals surface area contributed by atoms with Gasteiger partial charge in [-0.1, -0.05) is 0 Å². The summed E-state index contributed by atoms with van der Waals surface area (Å²) in [5.41, 5.74) is 4.29. The van der Waals surface area contributed by atoms with Crippen molar-refractivity contribution in [2.45, 2.75) is 31.0 Å². The lowest BCUT2D eigenvalue weighted by Crippen LogP contribution is -2.68. The van der Waals surface area contributed by atoms with Gasteiger partial charge in [-0.2, -0.15) is 13.2 Å². The topological polar surface area (TPSA) is 55.1 Å². The van der Waals surface area contributed by atoms with Gasteiger partial charge in [-0.15, -0.1) is 0 Å².